The van der Waals surface area contributed by atoms with Gasteiger partial charge in [-0.15, -0.1) is 35.3 Å². The predicted octanol–water partition coefficient (Wildman–Crippen LogP) is 3.41. The molecule has 0 saturated carbocycles. The zero-order valence-corrected chi connectivity index (χ0v) is 19.4. The van der Waals surface area contributed by atoms with Crippen molar-refractivity contribution >= 4 is 41.3 Å². The lowest BCUT2D eigenvalue weighted by atomic mass is 9.92. The average molecular weight is 479 g/mol. The van der Waals surface area contributed by atoms with E-state index >= 15 is 0 Å². The number of aryl methyl sites for hydroxylation is 2. The van der Waals surface area contributed by atoms with Crippen molar-refractivity contribution in [3.63, 3.8) is 0 Å². The van der Waals surface area contributed by atoms with Crippen LogP contribution in [0, 0.1) is 25.7 Å². The van der Waals surface area contributed by atoms with Gasteiger partial charge in [0.2, 0.25) is 0 Å². The van der Waals surface area contributed by atoms with E-state index in [0.29, 0.717) is 0 Å². The van der Waals surface area contributed by atoms with Crippen LogP contribution in [0.4, 0.5) is 0 Å². The minimum Gasteiger partial charge on any atom is -0.356 e. The van der Waals surface area contributed by atoms with Gasteiger partial charge >= 0.3 is 0 Å². The normalized spacial score (nSPS) is 21.7. The van der Waals surface area contributed by atoms with Crippen LogP contribution >= 0.6 is 35.3 Å². The smallest absolute Gasteiger partial charge is 0.191 e. The number of hydrogen-bond acceptors (Lipinski definition) is 4. The topological polar surface area (TPSA) is 52.6 Å². The fourth-order valence-corrected chi connectivity index (χ4v) is 4.48. The lowest BCUT2D eigenvalue weighted by Crippen LogP contribution is -2.41. The molecule has 0 aromatic carbocycles. The molecular weight excluding hydrogens is 445 g/mol. The van der Waals surface area contributed by atoms with Crippen LogP contribution in [0.3, 0.4) is 0 Å². The van der Waals surface area contributed by atoms with Crippen molar-refractivity contribution < 1.29 is 0 Å². The maximum atomic E-state index is 4.47. The highest BCUT2D eigenvalue weighted by Crippen LogP contribution is 2.20. The first-order chi connectivity index (χ1) is 11.5. The van der Waals surface area contributed by atoms with Crippen molar-refractivity contribution in [3.05, 3.63) is 15.6 Å². The van der Waals surface area contributed by atoms with E-state index in [4.69, 9.17) is 0 Å². The Hall–Kier alpha value is -0.410. The van der Waals surface area contributed by atoms with E-state index in [2.05, 4.69) is 53.2 Å². The number of nitrogens with one attached hydrogen (secondary N) is 2. The molecule has 7 heteroatoms. The maximum absolute atomic E-state index is 4.47. The van der Waals surface area contributed by atoms with Crippen LogP contribution in [0.15, 0.2) is 4.99 Å². The molecule has 0 spiro atoms. The van der Waals surface area contributed by atoms with Crippen LogP contribution < -0.4 is 10.6 Å². The van der Waals surface area contributed by atoms with Crippen LogP contribution in [-0.2, 0) is 6.54 Å². The molecule has 2 atom stereocenters. The average Bonchev–Trinajstić information content (AvgIpc) is 2.83. The summed E-state index contributed by atoms with van der Waals surface area (Å²) in [7, 11) is 1.83. The fourth-order valence-electron chi connectivity index (χ4n) is 3.61. The lowest BCUT2D eigenvalue weighted by molar-refractivity contribution is 0.140. The second-order valence-electron chi connectivity index (χ2n) is 7.15. The second kappa shape index (κ2) is 11.3. The molecule has 5 nitrogen and oxygen atoms in total. The molecule has 0 bridgehead atoms. The first-order valence-electron chi connectivity index (χ1n) is 9.07. The molecule has 1 saturated heterocycles. The molecule has 2 rings (SSSR count). The summed E-state index contributed by atoms with van der Waals surface area (Å²) in [6, 6.07) is 0. The van der Waals surface area contributed by atoms with Gasteiger partial charge in [-0.1, -0.05) is 13.8 Å². The van der Waals surface area contributed by atoms with Gasteiger partial charge in [-0.25, -0.2) is 4.98 Å². The molecule has 0 aliphatic carbocycles. The SMILES string of the molecule is CN=C(NCCCN1CC(C)CC(C)C1)NCc1sc(C)nc1C.I. The number of guanidine groups is 1. The van der Waals surface area contributed by atoms with E-state index in [1.807, 2.05) is 7.05 Å². The van der Waals surface area contributed by atoms with Crippen molar-refractivity contribution in [2.24, 2.45) is 16.8 Å². The molecule has 2 heterocycles. The van der Waals surface area contributed by atoms with E-state index in [1.54, 1.807) is 11.3 Å². The molecule has 1 aromatic heterocycles. The Morgan fingerprint density at radius 3 is 2.48 bits per heavy atom. The van der Waals surface area contributed by atoms with Crippen molar-refractivity contribution in [3.8, 4) is 0 Å². The molecule has 2 unspecified atom stereocenters. The summed E-state index contributed by atoms with van der Waals surface area (Å²) in [4.78, 5) is 12.7. The van der Waals surface area contributed by atoms with Gasteiger partial charge in [-0.2, -0.15) is 0 Å². The fraction of sp³-hybridized carbons (Fsp3) is 0.778. The van der Waals surface area contributed by atoms with E-state index < -0.39 is 0 Å². The molecule has 0 amide bonds. The third-order valence-electron chi connectivity index (χ3n) is 4.53. The van der Waals surface area contributed by atoms with Crippen LogP contribution in [-0.4, -0.2) is 49.1 Å². The summed E-state index contributed by atoms with van der Waals surface area (Å²) < 4.78 is 0. The first kappa shape index (κ1) is 22.6. The van der Waals surface area contributed by atoms with Gasteiger partial charge in [-0.3, -0.25) is 4.99 Å². The van der Waals surface area contributed by atoms with Crippen molar-refractivity contribution in [1.29, 1.82) is 0 Å². The number of aromatic nitrogens is 1. The summed E-state index contributed by atoms with van der Waals surface area (Å²) >= 11 is 1.75. The third-order valence-corrected chi connectivity index (χ3v) is 5.60. The molecular formula is C18H34IN5S. The van der Waals surface area contributed by atoms with Gasteiger partial charge in [0.05, 0.1) is 17.2 Å². The van der Waals surface area contributed by atoms with Crippen molar-refractivity contribution in [2.45, 2.75) is 47.1 Å². The lowest BCUT2D eigenvalue weighted by Gasteiger charge is -2.35. The van der Waals surface area contributed by atoms with Gasteiger partial charge in [0.1, 0.15) is 0 Å². The Labute approximate surface area is 174 Å². The van der Waals surface area contributed by atoms with Crippen LogP contribution in [0.1, 0.15) is 42.3 Å². The number of halogens is 1. The van der Waals surface area contributed by atoms with Crippen LogP contribution in [0.25, 0.3) is 0 Å². The summed E-state index contributed by atoms with van der Waals surface area (Å²) in [6.45, 7) is 14.3. The van der Waals surface area contributed by atoms with E-state index in [1.165, 1.54) is 30.9 Å². The predicted molar refractivity (Wildman–Crippen MR) is 119 cm³/mol. The Morgan fingerprint density at radius 1 is 1.24 bits per heavy atom. The maximum Gasteiger partial charge on any atom is 0.191 e. The van der Waals surface area contributed by atoms with Gasteiger partial charge in [-0.05, 0) is 45.1 Å². The number of piperidine rings is 1. The van der Waals surface area contributed by atoms with Crippen molar-refractivity contribution in [1.82, 2.24) is 20.5 Å². The van der Waals surface area contributed by atoms with Gasteiger partial charge in [0.15, 0.2) is 5.96 Å². The molecule has 144 valence electrons. The Bertz CT molecular complexity index is 536. The molecule has 0 radical (unpaired) electrons. The number of hydrogen-bond donors (Lipinski definition) is 2. The minimum absolute atomic E-state index is 0. The van der Waals surface area contributed by atoms with Gasteiger partial charge in [0.25, 0.3) is 0 Å². The summed E-state index contributed by atoms with van der Waals surface area (Å²) in [5, 5.41) is 7.93. The minimum atomic E-state index is 0. The molecule has 1 aliphatic heterocycles. The highest BCUT2D eigenvalue weighted by molar-refractivity contribution is 14.0. The monoisotopic (exact) mass is 479 g/mol. The Kier molecular flexibility index (Phi) is 10.3. The molecule has 1 fully saturated rings. The Balaban J connectivity index is 0.00000312. The number of aliphatic imine (C=N–C) groups is 1. The van der Waals surface area contributed by atoms with E-state index in [9.17, 15) is 0 Å². The second-order valence-corrected chi connectivity index (χ2v) is 8.44. The molecule has 1 aromatic rings. The zero-order valence-electron chi connectivity index (χ0n) is 16.3. The van der Waals surface area contributed by atoms with E-state index in [-0.39, 0.29) is 24.0 Å². The van der Waals surface area contributed by atoms with E-state index in [0.717, 1.165) is 48.0 Å². The molecule has 25 heavy (non-hydrogen) atoms. The largest absolute Gasteiger partial charge is 0.356 e. The van der Waals surface area contributed by atoms with Gasteiger partial charge in [0, 0.05) is 31.6 Å². The zero-order chi connectivity index (χ0) is 17.5. The summed E-state index contributed by atoms with van der Waals surface area (Å²) in [6.07, 6.45) is 2.53. The van der Waals surface area contributed by atoms with Crippen LogP contribution in [0.5, 0.6) is 0 Å². The van der Waals surface area contributed by atoms with Crippen LogP contribution in [0.2, 0.25) is 0 Å². The summed E-state index contributed by atoms with van der Waals surface area (Å²) in [5.41, 5.74) is 1.12. The highest BCUT2D eigenvalue weighted by Gasteiger charge is 2.20. The third kappa shape index (κ3) is 7.78. The first-order valence-corrected chi connectivity index (χ1v) is 9.89. The highest BCUT2D eigenvalue weighted by atomic mass is 127. The molecule has 2 N–H and O–H groups in total. The number of rotatable bonds is 6. The number of likely N-dealkylation sites (tertiary alicyclic amines) is 1. The number of nitrogens with zero attached hydrogens (tertiary/aromatic N) is 3. The van der Waals surface area contributed by atoms with Crippen molar-refractivity contribution in [2.75, 3.05) is 33.2 Å². The van der Waals surface area contributed by atoms with Gasteiger partial charge < -0.3 is 15.5 Å². The quantitative estimate of drug-likeness (QED) is 0.284. The number of thiazole rings is 1. The summed E-state index contributed by atoms with van der Waals surface area (Å²) in [5.74, 6) is 2.55. The Morgan fingerprint density at radius 2 is 1.92 bits per heavy atom. The molecule has 1 aliphatic rings. The standard InChI is InChI=1S/C18H33N5S.HI/c1-13-9-14(2)12-23(11-13)8-6-7-20-18(19-5)21-10-17-15(3)22-16(4)24-17;/h13-14H,6-12H2,1-5H3,(H2,19,20,21);1H.